The Hall–Kier alpha value is -6.84. The molecule has 0 unspecified atom stereocenters. The van der Waals surface area contributed by atoms with Crippen LogP contribution in [0.1, 0.15) is 105 Å². The fourth-order valence-electron chi connectivity index (χ4n) is 9.92. The maximum atomic E-state index is 2.51. The molecule has 0 spiro atoms. The van der Waals surface area contributed by atoms with E-state index < -0.39 is 0 Å². The third kappa shape index (κ3) is 7.93. The van der Waals surface area contributed by atoms with Gasteiger partial charge in [-0.15, -0.1) is 0 Å². The number of fused-ring (bicyclic) bond motifs is 6. The molecule has 0 N–H and O–H groups in total. The highest BCUT2D eigenvalue weighted by atomic mass is 15.1. The van der Waals surface area contributed by atoms with Crippen molar-refractivity contribution in [1.82, 2.24) is 9.13 Å². The molecule has 0 amide bonds. The largest absolute Gasteiger partial charge is 0.310 e. The lowest BCUT2D eigenvalue weighted by atomic mass is 9.80. The number of aromatic nitrogens is 2. The van der Waals surface area contributed by atoms with Crippen molar-refractivity contribution in [3.63, 3.8) is 0 Å². The maximum Gasteiger partial charge on any atom is 0.0561 e. The predicted octanol–water partition coefficient (Wildman–Crippen LogP) is 18.2. The molecular formula is C64H65N3. The molecule has 10 rings (SSSR count). The van der Waals surface area contributed by atoms with Crippen molar-refractivity contribution in [3.8, 4) is 22.5 Å². The summed E-state index contributed by atoms with van der Waals surface area (Å²) in [6, 6.07) is 66.3. The molecule has 0 fully saturated rings. The van der Waals surface area contributed by atoms with E-state index in [1.165, 1.54) is 88.4 Å². The van der Waals surface area contributed by atoms with Gasteiger partial charge in [0.1, 0.15) is 0 Å². The van der Waals surface area contributed by atoms with E-state index in [0.717, 1.165) is 17.1 Å². The summed E-state index contributed by atoms with van der Waals surface area (Å²) in [7, 11) is 0. The Bertz CT molecular complexity index is 3240. The Labute approximate surface area is 398 Å². The molecule has 3 nitrogen and oxygen atoms in total. The van der Waals surface area contributed by atoms with Crippen LogP contribution in [-0.4, -0.2) is 9.13 Å². The second-order valence-electron chi connectivity index (χ2n) is 22.9. The van der Waals surface area contributed by atoms with E-state index >= 15 is 0 Å². The van der Waals surface area contributed by atoms with Crippen LogP contribution in [0.25, 0.3) is 66.1 Å². The summed E-state index contributed by atoms with van der Waals surface area (Å²) < 4.78 is 5.02. The molecule has 3 heteroatoms. The standard InChI is InChI=1S/C64H65N3/c1-61(2,3)43-34-44(62(4,5)6)37-49(36-43)66-57-28-20-17-25-52(57)54-32-30-47(40-59(54)66)65(56-27-19-16-24-51(56)42-22-14-13-15-23-42)48-31-33-55-53-26-18-21-29-58(53)67(60(55)41-48)50-38-45(63(7,8)9)35-46(39-50)64(10,11)12/h13-41H,1-12H3. The molecule has 67 heavy (non-hydrogen) atoms. The SMILES string of the molecule is CC(C)(C)c1cc(-n2c3ccccc3c3ccc(N(c4ccc5c6ccccc6n(-c6cc(C(C)(C)C)cc(C(C)(C)C)c6)c5c4)c4ccccc4-c4ccccc4)cc32)cc(C(C)(C)C)c1. The van der Waals surface area contributed by atoms with Gasteiger partial charge in [-0.1, -0.05) is 192 Å². The molecule has 0 saturated heterocycles. The lowest BCUT2D eigenvalue weighted by Crippen LogP contribution is -2.17. The van der Waals surface area contributed by atoms with Crippen molar-refractivity contribution in [3.05, 3.63) is 198 Å². The van der Waals surface area contributed by atoms with Crippen molar-refractivity contribution in [2.45, 2.75) is 105 Å². The lowest BCUT2D eigenvalue weighted by molar-refractivity contribution is 0.567. The van der Waals surface area contributed by atoms with Crippen molar-refractivity contribution >= 4 is 60.7 Å². The minimum absolute atomic E-state index is 0.0264. The normalized spacial score (nSPS) is 12.8. The van der Waals surface area contributed by atoms with Crippen LogP contribution in [0, 0.1) is 0 Å². The Morgan fingerprint density at radius 1 is 0.313 bits per heavy atom. The van der Waals surface area contributed by atoms with Crippen molar-refractivity contribution in [2.24, 2.45) is 0 Å². The van der Waals surface area contributed by atoms with E-state index in [0.29, 0.717) is 0 Å². The van der Waals surface area contributed by atoms with E-state index in [1.54, 1.807) is 0 Å². The zero-order valence-corrected chi connectivity index (χ0v) is 41.6. The second kappa shape index (κ2) is 15.9. The molecule has 0 radical (unpaired) electrons. The van der Waals surface area contributed by atoms with Gasteiger partial charge in [0.15, 0.2) is 0 Å². The first-order valence-electron chi connectivity index (χ1n) is 24.1. The molecule has 2 heterocycles. The number of rotatable bonds is 6. The molecule has 10 aromatic rings. The smallest absolute Gasteiger partial charge is 0.0561 e. The number of hydrogen-bond donors (Lipinski definition) is 0. The minimum atomic E-state index is -0.0264. The number of benzene rings is 8. The molecule has 0 saturated carbocycles. The van der Waals surface area contributed by atoms with Gasteiger partial charge in [-0.3, -0.25) is 0 Å². The quantitative estimate of drug-likeness (QED) is 0.162. The summed E-state index contributed by atoms with van der Waals surface area (Å²) in [6.45, 7) is 27.9. The van der Waals surface area contributed by atoms with E-state index in [2.05, 4.69) is 273 Å². The zero-order chi connectivity index (χ0) is 47.2. The molecule has 0 atom stereocenters. The van der Waals surface area contributed by atoms with Crippen molar-refractivity contribution < 1.29 is 0 Å². The van der Waals surface area contributed by atoms with Gasteiger partial charge < -0.3 is 14.0 Å². The first-order valence-corrected chi connectivity index (χ1v) is 24.1. The number of hydrogen-bond acceptors (Lipinski definition) is 1. The predicted molar refractivity (Wildman–Crippen MR) is 290 cm³/mol. The molecule has 336 valence electrons. The Balaban J connectivity index is 1.28. The van der Waals surface area contributed by atoms with Gasteiger partial charge in [0, 0.05) is 49.9 Å². The second-order valence-corrected chi connectivity index (χ2v) is 22.9. The Kier molecular flexibility index (Phi) is 10.5. The van der Waals surface area contributed by atoms with E-state index in [9.17, 15) is 0 Å². The first-order chi connectivity index (χ1) is 31.8. The van der Waals surface area contributed by atoms with Crippen molar-refractivity contribution in [2.75, 3.05) is 4.90 Å². The van der Waals surface area contributed by atoms with Crippen LogP contribution < -0.4 is 4.90 Å². The third-order valence-electron chi connectivity index (χ3n) is 13.9. The number of para-hydroxylation sites is 3. The topological polar surface area (TPSA) is 13.1 Å². The van der Waals surface area contributed by atoms with Crippen LogP contribution in [0.3, 0.4) is 0 Å². The van der Waals surface area contributed by atoms with Gasteiger partial charge in [-0.05, 0) is 116 Å². The minimum Gasteiger partial charge on any atom is -0.310 e. The average Bonchev–Trinajstić information content (AvgIpc) is 3.80. The van der Waals surface area contributed by atoms with Crippen LogP contribution in [0.5, 0.6) is 0 Å². The molecule has 8 aromatic carbocycles. The van der Waals surface area contributed by atoms with E-state index in [-0.39, 0.29) is 21.7 Å². The summed E-state index contributed by atoms with van der Waals surface area (Å²) in [5, 5.41) is 4.96. The van der Waals surface area contributed by atoms with Crippen molar-refractivity contribution in [1.29, 1.82) is 0 Å². The fourth-order valence-corrected chi connectivity index (χ4v) is 9.92. The van der Waals surface area contributed by atoms with Crippen LogP contribution >= 0.6 is 0 Å². The highest BCUT2D eigenvalue weighted by molar-refractivity contribution is 6.12. The van der Waals surface area contributed by atoms with Gasteiger partial charge in [-0.2, -0.15) is 0 Å². The summed E-state index contributed by atoms with van der Waals surface area (Å²) >= 11 is 0. The van der Waals surface area contributed by atoms with Gasteiger partial charge in [-0.25, -0.2) is 0 Å². The summed E-state index contributed by atoms with van der Waals surface area (Å²) in [6.07, 6.45) is 0. The van der Waals surface area contributed by atoms with Crippen LogP contribution in [0.15, 0.2) is 176 Å². The number of anilines is 3. The molecular weight excluding hydrogens is 811 g/mol. The van der Waals surface area contributed by atoms with E-state index in [4.69, 9.17) is 0 Å². The van der Waals surface area contributed by atoms with E-state index in [1.807, 2.05) is 0 Å². The number of nitrogens with zero attached hydrogens (tertiary/aromatic N) is 3. The molecule has 0 aliphatic rings. The highest BCUT2D eigenvalue weighted by Gasteiger charge is 2.26. The lowest BCUT2D eigenvalue weighted by Gasteiger charge is -2.29. The third-order valence-corrected chi connectivity index (χ3v) is 13.9. The summed E-state index contributed by atoms with van der Waals surface area (Å²) in [5.74, 6) is 0. The maximum absolute atomic E-state index is 2.51. The average molecular weight is 876 g/mol. The first kappa shape index (κ1) is 44.0. The van der Waals surface area contributed by atoms with Gasteiger partial charge in [0.05, 0.1) is 27.8 Å². The Morgan fingerprint density at radius 2 is 0.672 bits per heavy atom. The van der Waals surface area contributed by atoms with Gasteiger partial charge in [0.25, 0.3) is 0 Å². The Morgan fingerprint density at radius 3 is 1.09 bits per heavy atom. The van der Waals surface area contributed by atoms with Crippen LogP contribution in [0.4, 0.5) is 17.1 Å². The fraction of sp³-hybridized carbons (Fsp3) is 0.250. The monoisotopic (exact) mass is 876 g/mol. The van der Waals surface area contributed by atoms with Gasteiger partial charge in [0.2, 0.25) is 0 Å². The summed E-state index contributed by atoms with van der Waals surface area (Å²) in [5.41, 5.74) is 18.0. The highest BCUT2D eigenvalue weighted by Crippen LogP contribution is 2.46. The summed E-state index contributed by atoms with van der Waals surface area (Å²) in [4.78, 5) is 2.49. The zero-order valence-electron chi connectivity index (χ0n) is 41.6. The van der Waals surface area contributed by atoms with Crippen LogP contribution in [-0.2, 0) is 21.7 Å². The molecule has 2 aromatic heterocycles. The molecule has 0 bridgehead atoms. The van der Waals surface area contributed by atoms with Gasteiger partial charge >= 0.3 is 0 Å². The van der Waals surface area contributed by atoms with Crippen LogP contribution in [0.2, 0.25) is 0 Å². The molecule has 0 aliphatic carbocycles. The molecule has 0 aliphatic heterocycles.